The predicted molar refractivity (Wildman–Crippen MR) is 193 cm³/mol. The van der Waals surface area contributed by atoms with Crippen LogP contribution in [0.2, 0.25) is 10.2 Å². The van der Waals surface area contributed by atoms with Crippen molar-refractivity contribution in [3.63, 3.8) is 0 Å². The molecule has 1 aromatic carbocycles. The van der Waals surface area contributed by atoms with E-state index in [1.54, 1.807) is 65.4 Å². The van der Waals surface area contributed by atoms with Crippen LogP contribution in [-0.4, -0.2) is 74.6 Å². The van der Waals surface area contributed by atoms with E-state index in [-0.39, 0.29) is 22.5 Å². The second-order valence-corrected chi connectivity index (χ2v) is 13.0. The average molecular weight is 798 g/mol. The van der Waals surface area contributed by atoms with Crippen LogP contribution >= 0.6 is 23.2 Å². The number of pyridine rings is 2. The van der Waals surface area contributed by atoms with Crippen LogP contribution in [0.3, 0.4) is 0 Å². The van der Waals surface area contributed by atoms with Crippen LogP contribution in [0.1, 0.15) is 37.9 Å². The number of carbonyl (C=O) groups excluding carboxylic acids is 1. The summed E-state index contributed by atoms with van der Waals surface area (Å²) >= 11 is 12.4. The molecule has 0 aliphatic carbocycles. The molecule has 1 amide bonds. The number of hydrogen-bond acceptors (Lipinski definition) is 10. The molecule has 6 heterocycles. The molecule has 7 rings (SSSR count). The van der Waals surface area contributed by atoms with E-state index in [0.717, 1.165) is 5.56 Å². The van der Waals surface area contributed by atoms with E-state index in [1.807, 2.05) is 25.1 Å². The summed E-state index contributed by atoms with van der Waals surface area (Å²) in [5.41, 5.74) is 4.49. The lowest BCUT2D eigenvalue weighted by molar-refractivity contribution is -0.192. The summed E-state index contributed by atoms with van der Waals surface area (Å²) in [6.07, 6.45) is 4.89. The highest BCUT2D eigenvalue weighted by Gasteiger charge is 2.38. The van der Waals surface area contributed by atoms with Crippen molar-refractivity contribution in [3.05, 3.63) is 106 Å². The molecule has 284 valence electrons. The number of benzene rings is 1. The van der Waals surface area contributed by atoms with E-state index in [9.17, 15) is 22.8 Å². The number of anilines is 1. The molecule has 0 saturated carbocycles. The minimum atomic E-state index is -5.08. The number of ether oxygens (including phenoxy) is 1. The Morgan fingerprint density at radius 1 is 1.00 bits per heavy atom. The Kier molecular flexibility index (Phi) is 11.3. The van der Waals surface area contributed by atoms with Gasteiger partial charge in [0, 0.05) is 40.4 Å². The van der Waals surface area contributed by atoms with Crippen molar-refractivity contribution in [1.82, 2.24) is 44.3 Å². The number of nitrogens with zero attached hydrogens (tertiary/aromatic N) is 9. The lowest BCUT2D eigenvalue weighted by Gasteiger charge is -2.22. The van der Waals surface area contributed by atoms with Crippen molar-refractivity contribution in [3.8, 4) is 39.8 Å². The number of fused-ring (bicyclic) bond motifs is 4. The predicted octanol–water partition coefficient (Wildman–Crippen LogP) is 6.43. The number of halogens is 5. The van der Waals surface area contributed by atoms with Crippen LogP contribution in [0.15, 0.2) is 84.4 Å². The number of rotatable bonds is 5. The van der Waals surface area contributed by atoms with Gasteiger partial charge < -0.3 is 15.2 Å². The molecule has 55 heavy (non-hydrogen) atoms. The zero-order valence-electron chi connectivity index (χ0n) is 28.8. The molecule has 2 N–H and O–H groups in total. The number of carboxylic acids is 1. The average Bonchev–Trinajstić information content (AvgIpc) is 3.79. The van der Waals surface area contributed by atoms with E-state index >= 15 is 0 Å². The molecule has 0 unspecified atom stereocenters. The Hall–Kier alpha value is -6.14. The SMILES string of the molecule is COc1ccc(-n2cc3c(n2)-c2ccnc(c2)[C@@H](n2cnc(-c4cc(Cl)ccc4-n4cc(Cl)nn4)cc2=O)CCC[C@@H](C)C(=O)N3)cn1.O=C(O)C(F)(F)F. The summed E-state index contributed by atoms with van der Waals surface area (Å²) in [7, 11) is 1.55. The Labute approximate surface area is 319 Å². The van der Waals surface area contributed by atoms with Gasteiger partial charge in [0.1, 0.15) is 5.69 Å². The van der Waals surface area contributed by atoms with Gasteiger partial charge in [-0.1, -0.05) is 41.8 Å². The van der Waals surface area contributed by atoms with Gasteiger partial charge in [0.25, 0.3) is 5.56 Å². The van der Waals surface area contributed by atoms with E-state index in [0.29, 0.717) is 69.9 Å². The summed E-state index contributed by atoms with van der Waals surface area (Å²) in [5, 5.41) is 23.6. The smallest absolute Gasteiger partial charge is 0.481 e. The maximum Gasteiger partial charge on any atom is 0.490 e. The molecule has 2 atom stereocenters. The third kappa shape index (κ3) is 8.81. The van der Waals surface area contributed by atoms with Crippen LogP contribution in [0, 0.1) is 5.92 Å². The first-order valence-corrected chi connectivity index (χ1v) is 17.1. The topological polar surface area (TPSA) is 185 Å². The number of alkyl halides is 3. The molecule has 0 fully saturated rings. The molecular weight excluding hydrogens is 768 g/mol. The van der Waals surface area contributed by atoms with Gasteiger partial charge in [-0.05, 0) is 49.2 Å². The van der Waals surface area contributed by atoms with Gasteiger partial charge in [-0.15, -0.1) is 5.10 Å². The molecule has 2 bridgehead atoms. The number of carbonyl (C=O) groups is 2. The lowest BCUT2D eigenvalue weighted by Crippen LogP contribution is -2.27. The van der Waals surface area contributed by atoms with Crippen molar-refractivity contribution >= 4 is 40.8 Å². The van der Waals surface area contributed by atoms with Crippen LogP contribution in [-0.2, 0) is 9.59 Å². The minimum absolute atomic E-state index is 0.121. The summed E-state index contributed by atoms with van der Waals surface area (Å²) in [5.74, 6) is -2.70. The zero-order chi connectivity index (χ0) is 39.4. The van der Waals surface area contributed by atoms with E-state index < -0.39 is 18.2 Å². The van der Waals surface area contributed by atoms with Crippen molar-refractivity contribution in [2.45, 2.75) is 38.4 Å². The molecule has 0 saturated heterocycles. The third-order valence-electron chi connectivity index (χ3n) is 8.49. The highest BCUT2D eigenvalue weighted by atomic mass is 35.5. The van der Waals surface area contributed by atoms with Gasteiger partial charge in [0.15, 0.2) is 5.15 Å². The number of aromatic nitrogens is 9. The number of hydrogen-bond donors (Lipinski definition) is 2. The molecule has 20 heteroatoms. The maximum atomic E-state index is 13.9. The van der Waals surface area contributed by atoms with Gasteiger partial charge in [-0.3, -0.25) is 19.1 Å². The summed E-state index contributed by atoms with van der Waals surface area (Å²) in [4.78, 5) is 49.7. The standard InChI is InChI=1S/C33H28Cl2N10O3.C2HF3O2/c1-19-4-3-5-28(43-18-38-24(14-31(43)46)23-13-21(34)6-8-27(23)45-17-29(35)40-42-45)25-12-20(10-11-36-25)32-26(39-33(19)47)16-44(41-32)22-7-9-30(48-2)37-15-22;3-2(4,5)1(6)7/h6-19,28H,3-5H2,1-2H3,(H,39,47);(H,6,7)/t19-,28+;/m1./s1. The van der Waals surface area contributed by atoms with Crippen LogP contribution in [0.5, 0.6) is 5.88 Å². The minimum Gasteiger partial charge on any atom is -0.481 e. The summed E-state index contributed by atoms with van der Waals surface area (Å²) < 4.78 is 41.7. The highest BCUT2D eigenvalue weighted by molar-refractivity contribution is 6.31. The third-order valence-corrected chi connectivity index (χ3v) is 8.89. The number of carboxylic acid groups (broad SMARTS) is 1. The monoisotopic (exact) mass is 796 g/mol. The first kappa shape index (κ1) is 38.6. The Morgan fingerprint density at radius 2 is 1.78 bits per heavy atom. The van der Waals surface area contributed by atoms with Crippen LogP contribution in [0.25, 0.3) is 33.9 Å². The largest absolute Gasteiger partial charge is 0.490 e. The number of nitrogens with one attached hydrogen (secondary N) is 1. The summed E-state index contributed by atoms with van der Waals surface area (Å²) in [6, 6.07) is 13.5. The van der Waals surface area contributed by atoms with Crippen molar-refractivity contribution in [2.75, 3.05) is 12.4 Å². The fourth-order valence-corrected chi connectivity index (χ4v) is 6.02. The van der Waals surface area contributed by atoms with Gasteiger partial charge in [0.2, 0.25) is 11.8 Å². The van der Waals surface area contributed by atoms with Crippen LogP contribution < -0.4 is 15.6 Å². The molecule has 5 aromatic heterocycles. The van der Waals surface area contributed by atoms with Gasteiger partial charge in [-0.2, -0.15) is 18.3 Å². The molecule has 0 radical (unpaired) electrons. The van der Waals surface area contributed by atoms with Gasteiger partial charge >= 0.3 is 12.1 Å². The molecular formula is C35H29Cl2F3N10O5. The highest BCUT2D eigenvalue weighted by Crippen LogP contribution is 2.33. The first-order valence-electron chi connectivity index (χ1n) is 16.4. The second-order valence-electron chi connectivity index (χ2n) is 12.2. The lowest BCUT2D eigenvalue weighted by atomic mass is 9.97. The molecule has 1 aliphatic rings. The van der Waals surface area contributed by atoms with Crippen molar-refractivity contribution in [2.24, 2.45) is 5.92 Å². The number of methoxy groups -OCH3 is 1. The quantitative estimate of drug-likeness (QED) is 0.196. The molecule has 6 aromatic rings. The number of amides is 1. The first-order chi connectivity index (χ1) is 26.2. The van der Waals surface area contributed by atoms with E-state index in [2.05, 4.69) is 25.6 Å². The summed E-state index contributed by atoms with van der Waals surface area (Å²) in [6.45, 7) is 1.89. The second kappa shape index (κ2) is 16.1. The van der Waals surface area contributed by atoms with Crippen molar-refractivity contribution in [1.29, 1.82) is 0 Å². The zero-order valence-corrected chi connectivity index (χ0v) is 30.3. The molecule has 0 spiro atoms. The van der Waals surface area contributed by atoms with Crippen LogP contribution in [0.4, 0.5) is 18.9 Å². The maximum absolute atomic E-state index is 13.9. The van der Waals surface area contributed by atoms with E-state index in [4.69, 9.17) is 47.9 Å². The Bertz CT molecular complexity index is 2420. The molecule has 1 aliphatic heterocycles. The fourth-order valence-electron chi connectivity index (χ4n) is 5.72. The molecule has 15 nitrogen and oxygen atoms in total. The van der Waals surface area contributed by atoms with Crippen molar-refractivity contribution < 1.29 is 32.6 Å². The number of aliphatic carboxylic acids is 1. The fraction of sp³-hybridized carbons (Fsp3) is 0.229. The van der Waals surface area contributed by atoms with Gasteiger partial charge in [0.05, 0.1) is 66.5 Å². The normalized spacial score (nSPS) is 15.7. The Morgan fingerprint density at radius 3 is 2.44 bits per heavy atom. The van der Waals surface area contributed by atoms with E-state index in [1.165, 1.54) is 17.1 Å². The Balaban J connectivity index is 0.000000672. The van der Waals surface area contributed by atoms with Gasteiger partial charge in [-0.25, -0.2) is 24.1 Å².